The number of ether oxygens (including phenoxy) is 2. The lowest BCUT2D eigenvalue weighted by Crippen LogP contribution is -2.36. The number of carbonyl (C=O) groups excluding carboxylic acids is 2. The van der Waals surface area contributed by atoms with Gasteiger partial charge in [-0.1, -0.05) is 12.1 Å². The van der Waals surface area contributed by atoms with Crippen LogP contribution in [0.3, 0.4) is 0 Å². The number of hydrogen-bond donors (Lipinski definition) is 1. The van der Waals surface area contributed by atoms with E-state index in [1.807, 2.05) is 32.0 Å². The molecule has 0 saturated carbocycles. The number of rotatable bonds is 3. The summed E-state index contributed by atoms with van der Waals surface area (Å²) in [5, 5.41) is 8.56. The van der Waals surface area contributed by atoms with Gasteiger partial charge in [-0.05, 0) is 43.2 Å². The van der Waals surface area contributed by atoms with Gasteiger partial charge in [-0.15, -0.1) is 0 Å². The molecule has 0 aliphatic carbocycles. The second kappa shape index (κ2) is 7.95. The van der Waals surface area contributed by atoms with Gasteiger partial charge < -0.3 is 14.8 Å². The Morgan fingerprint density at radius 2 is 1.83 bits per heavy atom. The fraction of sp³-hybridized carbons (Fsp3) is 0.318. The van der Waals surface area contributed by atoms with Gasteiger partial charge in [-0.25, -0.2) is 5.01 Å². The van der Waals surface area contributed by atoms with E-state index in [1.54, 1.807) is 18.2 Å². The van der Waals surface area contributed by atoms with Crippen LogP contribution in [0.4, 0.5) is 11.4 Å². The predicted molar refractivity (Wildman–Crippen MR) is 111 cm³/mol. The standard InChI is InChI=1S/C22H23N3O4/c1-14-4-5-15(2)18(12-14)25-21(26)9-7-17(24-25)22(27)23-16-6-8-19-20(13-16)29-11-3-10-28-19/h4-6,8,12-13H,3,7,9-11H2,1-2H3,(H,23,27). The van der Waals surface area contributed by atoms with Gasteiger partial charge in [0.25, 0.3) is 5.91 Å². The van der Waals surface area contributed by atoms with Gasteiger partial charge in [-0.2, -0.15) is 5.10 Å². The molecule has 7 heteroatoms. The van der Waals surface area contributed by atoms with Crippen molar-refractivity contribution in [2.75, 3.05) is 23.5 Å². The third-order valence-corrected chi connectivity index (χ3v) is 4.89. The van der Waals surface area contributed by atoms with Gasteiger partial charge >= 0.3 is 0 Å². The van der Waals surface area contributed by atoms with Crippen LogP contribution in [0.25, 0.3) is 0 Å². The van der Waals surface area contributed by atoms with Crippen molar-refractivity contribution in [3.05, 3.63) is 47.5 Å². The summed E-state index contributed by atoms with van der Waals surface area (Å²) in [6.45, 7) is 5.06. The molecule has 0 spiro atoms. The number of hydrazone groups is 1. The summed E-state index contributed by atoms with van der Waals surface area (Å²) in [5.74, 6) is 0.827. The van der Waals surface area contributed by atoms with Crippen LogP contribution >= 0.6 is 0 Å². The molecule has 29 heavy (non-hydrogen) atoms. The molecule has 0 unspecified atom stereocenters. The van der Waals surface area contributed by atoms with Gasteiger partial charge in [-0.3, -0.25) is 9.59 Å². The quantitative estimate of drug-likeness (QED) is 0.864. The van der Waals surface area contributed by atoms with Gasteiger partial charge in [0.05, 0.1) is 18.9 Å². The van der Waals surface area contributed by atoms with Crippen molar-refractivity contribution >= 4 is 28.9 Å². The number of fused-ring (bicyclic) bond motifs is 1. The highest BCUT2D eigenvalue weighted by Gasteiger charge is 2.27. The lowest BCUT2D eigenvalue weighted by atomic mass is 10.1. The van der Waals surface area contributed by atoms with E-state index in [1.165, 1.54) is 5.01 Å². The molecule has 0 saturated heterocycles. The van der Waals surface area contributed by atoms with E-state index in [9.17, 15) is 9.59 Å². The molecular weight excluding hydrogens is 370 g/mol. The van der Waals surface area contributed by atoms with Crippen molar-refractivity contribution in [3.63, 3.8) is 0 Å². The number of anilines is 2. The van der Waals surface area contributed by atoms with Crippen molar-refractivity contribution in [2.45, 2.75) is 33.1 Å². The molecule has 150 valence electrons. The number of hydrogen-bond acceptors (Lipinski definition) is 5. The molecule has 1 N–H and O–H groups in total. The van der Waals surface area contributed by atoms with Crippen molar-refractivity contribution < 1.29 is 19.1 Å². The van der Waals surface area contributed by atoms with Crippen LogP contribution in [0.15, 0.2) is 41.5 Å². The minimum Gasteiger partial charge on any atom is -0.490 e. The first-order valence-corrected chi connectivity index (χ1v) is 9.70. The summed E-state index contributed by atoms with van der Waals surface area (Å²) < 4.78 is 11.3. The average Bonchev–Trinajstić information content (AvgIpc) is 2.95. The van der Waals surface area contributed by atoms with Gasteiger partial charge in [0.15, 0.2) is 11.5 Å². The third kappa shape index (κ3) is 4.08. The fourth-order valence-corrected chi connectivity index (χ4v) is 3.30. The zero-order valence-corrected chi connectivity index (χ0v) is 16.5. The number of aryl methyl sites for hydroxylation is 2. The molecule has 2 heterocycles. The molecule has 2 aliphatic rings. The summed E-state index contributed by atoms with van der Waals surface area (Å²) >= 11 is 0. The van der Waals surface area contributed by atoms with Crippen LogP contribution in [-0.4, -0.2) is 30.7 Å². The number of amides is 2. The largest absolute Gasteiger partial charge is 0.490 e. The Morgan fingerprint density at radius 1 is 1.03 bits per heavy atom. The highest BCUT2D eigenvalue weighted by molar-refractivity contribution is 6.44. The minimum atomic E-state index is -0.331. The summed E-state index contributed by atoms with van der Waals surface area (Å²) in [5.41, 5.74) is 3.57. The maximum atomic E-state index is 12.8. The Hall–Kier alpha value is -3.35. The SMILES string of the molecule is Cc1ccc(C)c(N2N=C(C(=O)Nc3ccc4c(c3)OCCCO4)CCC2=O)c1. The zero-order chi connectivity index (χ0) is 20.4. The Morgan fingerprint density at radius 3 is 2.66 bits per heavy atom. The smallest absolute Gasteiger partial charge is 0.271 e. The van der Waals surface area contributed by atoms with E-state index in [0.717, 1.165) is 17.5 Å². The van der Waals surface area contributed by atoms with Crippen molar-refractivity contribution in [1.82, 2.24) is 0 Å². The average molecular weight is 393 g/mol. The molecule has 0 aromatic heterocycles. The van der Waals surface area contributed by atoms with Crippen LogP contribution in [0.5, 0.6) is 11.5 Å². The van der Waals surface area contributed by atoms with E-state index in [-0.39, 0.29) is 18.2 Å². The van der Waals surface area contributed by atoms with Crippen LogP contribution in [0.1, 0.15) is 30.4 Å². The Labute approximate surface area is 169 Å². The molecular formula is C22H23N3O4. The van der Waals surface area contributed by atoms with Crippen LogP contribution < -0.4 is 19.8 Å². The molecule has 2 amide bonds. The van der Waals surface area contributed by atoms with Crippen LogP contribution in [0, 0.1) is 13.8 Å². The summed E-state index contributed by atoms with van der Waals surface area (Å²) in [6, 6.07) is 11.1. The molecule has 2 aromatic carbocycles. The van der Waals surface area contributed by atoms with E-state index in [4.69, 9.17) is 9.47 Å². The lowest BCUT2D eigenvalue weighted by molar-refractivity contribution is -0.118. The number of benzene rings is 2. The molecule has 2 aliphatic heterocycles. The monoisotopic (exact) mass is 393 g/mol. The van der Waals surface area contributed by atoms with E-state index < -0.39 is 0 Å². The highest BCUT2D eigenvalue weighted by atomic mass is 16.5. The second-order valence-electron chi connectivity index (χ2n) is 7.21. The lowest BCUT2D eigenvalue weighted by Gasteiger charge is -2.25. The first kappa shape index (κ1) is 19.0. The van der Waals surface area contributed by atoms with Gasteiger partial charge in [0, 0.05) is 31.0 Å². The van der Waals surface area contributed by atoms with E-state index in [0.29, 0.717) is 48.2 Å². The second-order valence-corrected chi connectivity index (χ2v) is 7.21. The predicted octanol–water partition coefficient (Wildman–Crippen LogP) is 3.59. The molecule has 0 bridgehead atoms. The molecule has 2 aromatic rings. The molecule has 0 atom stereocenters. The summed E-state index contributed by atoms with van der Waals surface area (Å²) in [6.07, 6.45) is 1.35. The number of nitrogens with one attached hydrogen (secondary N) is 1. The maximum Gasteiger partial charge on any atom is 0.271 e. The number of carbonyl (C=O) groups is 2. The Balaban J connectivity index is 1.56. The topological polar surface area (TPSA) is 80.2 Å². The van der Waals surface area contributed by atoms with Crippen LogP contribution in [-0.2, 0) is 9.59 Å². The Kier molecular flexibility index (Phi) is 5.20. The van der Waals surface area contributed by atoms with Gasteiger partial charge in [0.2, 0.25) is 5.91 Å². The fourth-order valence-electron chi connectivity index (χ4n) is 3.30. The molecule has 4 rings (SSSR count). The maximum absolute atomic E-state index is 12.8. The minimum absolute atomic E-state index is 0.120. The third-order valence-electron chi connectivity index (χ3n) is 4.89. The molecule has 0 radical (unpaired) electrons. The Bertz CT molecular complexity index is 1000. The van der Waals surface area contributed by atoms with Gasteiger partial charge in [0.1, 0.15) is 5.71 Å². The zero-order valence-electron chi connectivity index (χ0n) is 16.5. The normalized spacial score (nSPS) is 16.1. The highest BCUT2D eigenvalue weighted by Crippen LogP contribution is 2.32. The number of nitrogens with zero attached hydrogens (tertiary/aromatic N) is 2. The first-order chi connectivity index (χ1) is 14.0. The molecule has 7 nitrogen and oxygen atoms in total. The van der Waals surface area contributed by atoms with Crippen molar-refractivity contribution in [3.8, 4) is 11.5 Å². The van der Waals surface area contributed by atoms with E-state index in [2.05, 4.69) is 10.4 Å². The molecule has 0 fully saturated rings. The van der Waals surface area contributed by atoms with E-state index >= 15 is 0 Å². The van der Waals surface area contributed by atoms with Crippen molar-refractivity contribution in [1.29, 1.82) is 0 Å². The van der Waals surface area contributed by atoms with Crippen molar-refractivity contribution in [2.24, 2.45) is 5.10 Å². The van der Waals surface area contributed by atoms with Crippen LogP contribution in [0.2, 0.25) is 0 Å². The summed E-state index contributed by atoms with van der Waals surface area (Å²) in [7, 11) is 0. The first-order valence-electron chi connectivity index (χ1n) is 9.70. The summed E-state index contributed by atoms with van der Waals surface area (Å²) in [4.78, 5) is 25.2.